The summed E-state index contributed by atoms with van der Waals surface area (Å²) in [5, 5.41) is 9.37. The van der Waals surface area contributed by atoms with Gasteiger partial charge in [-0.15, -0.1) is 0 Å². The Balaban J connectivity index is 1.64. The highest BCUT2D eigenvalue weighted by Gasteiger charge is 2.28. The smallest absolute Gasteiger partial charge is 0.170 e. The van der Waals surface area contributed by atoms with Crippen molar-refractivity contribution in [1.82, 2.24) is 4.90 Å². The van der Waals surface area contributed by atoms with Crippen LogP contribution in [0.25, 0.3) is 0 Å². The van der Waals surface area contributed by atoms with Crippen molar-refractivity contribution in [2.24, 2.45) is 5.92 Å². The molecule has 5 nitrogen and oxygen atoms in total. The summed E-state index contributed by atoms with van der Waals surface area (Å²) in [7, 11) is 1.57. The first-order valence-electron chi connectivity index (χ1n) is 9.53. The molecule has 1 N–H and O–H groups in total. The number of methoxy groups -OCH3 is 1. The second kappa shape index (κ2) is 9.92. The lowest BCUT2D eigenvalue weighted by atomic mass is 9.89. The fraction of sp³-hybridized carbons (Fsp3) is 0.409. The molecule has 1 aliphatic heterocycles. The molecule has 6 heteroatoms. The number of aliphatic hydroxyl groups excluding tert-OH is 1. The molecule has 1 saturated heterocycles. The number of rotatable bonds is 8. The fourth-order valence-corrected chi connectivity index (χ4v) is 3.79. The van der Waals surface area contributed by atoms with Gasteiger partial charge in [0.25, 0.3) is 0 Å². The van der Waals surface area contributed by atoms with Gasteiger partial charge in [-0.3, -0.25) is 9.69 Å². The highest BCUT2D eigenvalue weighted by molar-refractivity contribution is 6.31. The summed E-state index contributed by atoms with van der Waals surface area (Å²) >= 11 is 6.09. The van der Waals surface area contributed by atoms with E-state index in [9.17, 15) is 4.79 Å². The van der Waals surface area contributed by atoms with E-state index in [2.05, 4.69) is 4.90 Å². The number of aliphatic hydroxyl groups is 1. The number of hydrogen-bond donors (Lipinski definition) is 1. The standard InChI is InChI=1S/C22H26ClNO4/c1-27-21-9-6-18(23)13-20(21)22(26)17-3-2-10-24(15-17)14-16-4-7-19(8-5-16)28-12-11-25/h4-9,13,17,25H,2-3,10-12,14-15H2,1H3/t17-/m0/s1. The molecular weight excluding hydrogens is 378 g/mol. The summed E-state index contributed by atoms with van der Waals surface area (Å²) in [6, 6.07) is 13.1. The third-order valence-corrected chi connectivity index (χ3v) is 5.23. The van der Waals surface area contributed by atoms with Crippen LogP contribution < -0.4 is 9.47 Å². The van der Waals surface area contributed by atoms with E-state index in [-0.39, 0.29) is 18.3 Å². The summed E-state index contributed by atoms with van der Waals surface area (Å²) in [4.78, 5) is 15.4. The molecule has 0 saturated carbocycles. The van der Waals surface area contributed by atoms with E-state index < -0.39 is 0 Å². The van der Waals surface area contributed by atoms with Crippen molar-refractivity contribution in [3.05, 3.63) is 58.6 Å². The lowest BCUT2D eigenvalue weighted by Gasteiger charge is -2.32. The molecule has 2 aromatic rings. The van der Waals surface area contributed by atoms with Gasteiger partial charge >= 0.3 is 0 Å². The molecule has 0 aromatic heterocycles. The van der Waals surface area contributed by atoms with Crippen LogP contribution in [-0.4, -0.2) is 49.2 Å². The van der Waals surface area contributed by atoms with E-state index in [1.165, 1.54) is 5.56 Å². The summed E-state index contributed by atoms with van der Waals surface area (Å²) in [5.74, 6) is 1.35. The summed E-state index contributed by atoms with van der Waals surface area (Å²) in [6.07, 6.45) is 1.86. The first-order valence-corrected chi connectivity index (χ1v) is 9.91. The van der Waals surface area contributed by atoms with Gasteiger partial charge in [-0.25, -0.2) is 0 Å². The normalized spacial score (nSPS) is 17.3. The third kappa shape index (κ3) is 5.25. The van der Waals surface area contributed by atoms with Crippen molar-refractivity contribution >= 4 is 17.4 Å². The minimum absolute atomic E-state index is 0.00234. The zero-order valence-electron chi connectivity index (χ0n) is 16.1. The molecule has 0 amide bonds. The SMILES string of the molecule is COc1ccc(Cl)cc1C(=O)[C@H]1CCCN(Cc2ccc(OCCO)cc2)C1. The number of likely N-dealkylation sites (tertiary alicyclic amines) is 1. The van der Waals surface area contributed by atoms with E-state index in [0.29, 0.717) is 22.9 Å². The third-order valence-electron chi connectivity index (χ3n) is 4.99. The quantitative estimate of drug-likeness (QED) is 0.679. The molecule has 0 bridgehead atoms. The Kier molecular flexibility index (Phi) is 7.31. The van der Waals surface area contributed by atoms with Crippen LogP contribution in [0.2, 0.25) is 5.02 Å². The lowest BCUT2D eigenvalue weighted by molar-refractivity contribution is 0.0808. The number of halogens is 1. The van der Waals surface area contributed by atoms with Crippen molar-refractivity contribution < 1.29 is 19.4 Å². The van der Waals surface area contributed by atoms with E-state index in [4.69, 9.17) is 26.2 Å². The van der Waals surface area contributed by atoms with E-state index in [0.717, 1.165) is 38.2 Å². The molecule has 0 unspecified atom stereocenters. The molecule has 0 radical (unpaired) electrons. The zero-order valence-corrected chi connectivity index (χ0v) is 16.8. The van der Waals surface area contributed by atoms with Crippen LogP contribution in [0.15, 0.2) is 42.5 Å². The number of carbonyl (C=O) groups excluding carboxylic acids is 1. The number of carbonyl (C=O) groups is 1. The molecule has 150 valence electrons. The molecule has 3 rings (SSSR count). The van der Waals surface area contributed by atoms with Crippen LogP contribution in [-0.2, 0) is 6.54 Å². The topological polar surface area (TPSA) is 59.0 Å². The number of ketones is 1. The number of Topliss-reactive ketones (excluding diaryl/α,β-unsaturated/α-hetero) is 1. The monoisotopic (exact) mass is 403 g/mol. The Labute approximate surface area is 170 Å². The van der Waals surface area contributed by atoms with Gasteiger partial charge in [0.15, 0.2) is 5.78 Å². The van der Waals surface area contributed by atoms with Crippen molar-refractivity contribution in [2.75, 3.05) is 33.4 Å². The molecule has 0 aliphatic carbocycles. The van der Waals surface area contributed by atoms with Gasteiger partial charge in [-0.1, -0.05) is 23.7 Å². The van der Waals surface area contributed by atoms with Gasteiger partial charge in [-0.05, 0) is 55.3 Å². The number of benzene rings is 2. The maximum absolute atomic E-state index is 13.1. The fourth-order valence-electron chi connectivity index (χ4n) is 3.62. The lowest BCUT2D eigenvalue weighted by Crippen LogP contribution is -2.38. The highest BCUT2D eigenvalue weighted by Crippen LogP contribution is 2.29. The van der Waals surface area contributed by atoms with E-state index in [1.54, 1.807) is 25.3 Å². The van der Waals surface area contributed by atoms with Gasteiger partial charge in [0.2, 0.25) is 0 Å². The largest absolute Gasteiger partial charge is 0.496 e. The molecule has 2 aromatic carbocycles. The van der Waals surface area contributed by atoms with Gasteiger partial charge in [0.1, 0.15) is 18.1 Å². The van der Waals surface area contributed by atoms with Gasteiger partial charge in [-0.2, -0.15) is 0 Å². The molecule has 1 atom stereocenters. The second-order valence-electron chi connectivity index (χ2n) is 7.00. The molecule has 1 fully saturated rings. The number of piperidine rings is 1. The molecule has 1 heterocycles. The van der Waals surface area contributed by atoms with Crippen LogP contribution in [0.1, 0.15) is 28.8 Å². The Hall–Kier alpha value is -2.08. The molecule has 1 aliphatic rings. The van der Waals surface area contributed by atoms with Gasteiger partial charge < -0.3 is 14.6 Å². The first-order chi connectivity index (χ1) is 13.6. The minimum atomic E-state index is -0.0618. The molecule has 0 spiro atoms. The maximum atomic E-state index is 13.1. The summed E-state index contributed by atoms with van der Waals surface area (Å²) < 4.78 is 10.8. The van der Waals surface area contributed by atoms with E-state index >= 15 is 0 Å². The van der Waals surface area contributed by atoms with Crippen molar-refractivity contribution in [3.63, 3.8) is 0 Å². The number of nitrogens with zero attached hydrogens (tertiary/aromatic N) is 1. The molecule has 28 heavy (non-hydrogen) atoms. The van der Waals surface area contributed by atoms with Crippen LogP contribution >= 0.6 is 11.6 Å². The Bertz CT molecular complexity index is 794. The van der Waals surface area contributed by atoms with Gasteiger partial charge in [0, 0.05) is 24.0 Å². The second-order valence-corrected chi connectivity index (χ2v) is 7.44. The predicted molar refractivity (Wildman–Crippen MR) is 109 cm³/mol. The van der Waals surface area contributed by atoms with Crippen molar-refractivity contribution in [2.45, 2.75) is 19.4 Å². The van der Waals surface area contributed by atoms with Crippen LogP contribution in [0.3, 0.4) is 0 Å². The van der Waals surface area contributed by atoms with Crippen LogP contribution in [0.5, 0.6) is 11.5 Å². The van der Waals surface area contributed by atoms with Crippen molar-refractivity contribution in [1.29, 1.82) is 0 Å². The van der Waals surface area contributed by atoms with Gasteiger partial charge in [0.05, 0.1) is 19.3 Å². The van der Waals surface area contributed by atoms with Crippen LogP contribution in [0.4, 0.5) is 0 Å². The molecular formula is C22H26ClNO4. The first kappa shape index (κ1) is 20.6. The highest BCUT2D eigenvalue weighted by atomic mass is 35.5. The minimum Gasteiger partial charge on any atom is -0.496 e. The Morgan fingerprint density at radius 2 is 2.04 bits per heavy atom. The Morgan fingerprint density at radius 3 is 2.75 bits per heavy atom. The van der Waals surface area contributed by atoms with Crippen LogP contribution in [0, 0.1) is 5.92 Å². The predicted octanol–water partition coefficient (Wildman–Crippen LogP) is 3.81. The average Bonchev–Trinajstić information content (AvgIpc) is 2.73. The maximum Gasteiger partial charge on any atom is 0.170 e. The average molecular weight is 404 g/mol. The summed E-state index contributed by atoms with van der Waals surface area (Å²) in [6.45, 7) is 2.78. The number of hydrogen-bond acceptors (Lipinski definition) is 5. The number of ether oxygens (including phenoxy) is 2. The Morgan fingerprint density at radius 1 is 1.25 bits per heavy atom. The van der Waals surface area contributed by atoms with Crippen molar-refractivity contribution in [3.8, 4) is 11.5 Å². The zero-order chi connectivity index (χ0) is 19.9. The van der Waals surface area contributed by atoms with E-state index in [1.807, 2.05) is 24.3 Å². The summed E-state index contributed by atoms with van der Waals surface area (Å²) in [5.41, 5.74) is 1.73.